The summed E-state index contributed by atoms with van der Waals surface area (Å²) < 4.78 is 26.8. The molecule has 0 unspecified atom stereocenters. The van der Waals surface area contributed by atoms with E-state index in [-0.39, 0.29) is 16.4 Å². The topological polar surface area (TPSA) is 60.6 Å². The minimum Gasteiger partial charge on any atom is -0.487 e. The number of nitrogens with zero attached hydrogens (tertiary/aromatic N) is 2. The maximum absolute atomic E-state index is 14.1. The number of rotatable bonds is 5. The van der Waals surface area contributed by atoms with Crippen molar-refractivity contribution >= 4 is 29.0 Å². The third kappa shape index (κ3) is 5.25. The Balaban J connectivity index is 1.38. The van der Waals surface area contributed by atoms with E-state index >= 15 is 0 Å². The zero-order valence-corrected chi connectivity index (χ0v) is 22.9. The van der Waals surface area contributed by atoms with Crippen LogP contribution in [0.2, 0.25) is 10.0 Å². The molecule has 1 fully saturated rings. The second-order valence-electron chi connectivity index (χ2n) is 10.4. The summed E-state index contributed by atoms with van der Waals surface area (Å²) in [6.45, 7) is 8.37. The molecule has 1 spiro atoms. The molecule has 3 heterocycles. The lowest BCUT2D eigenvalue weighted by molar-refractivity contribution is -0.0211. The van der Waals surface area contributed by atoms with Crippen molar-refractivity contribution in [2.24, 2.45) is 0 Å². The van der Waals surface area contributed by atoms with Gasteiger partial charge in [-0.25, -0.2) is 9.37 Å². The van der Waals surface area contributed by atoms with Crippen molar-refractivity contribution in [1.29, 1.82) is 0 Å². The fourth-order valence-electron chi connectivity index (χ4n) is 5.35. The fraction of sp³-hybridized carbons (Fsp3) is 0.414. The van der Waals surface area contributed by atoms with Gasteiger partial charge in [-0.3, -0.25) is 0 Å². The number of fused-ring (bicyclic) bond motifs is 1. The van der Waals surface area contributed by atoms with Crippen LogP contribution in [0.1, 0.15) is 57.3 Å². The van der Waals surface area contributed by atoms with Crippen LogP contribution in [0.4, 0.5) is 10.2 Å². The van der Waals surface area contributed by atoms with Gasteiger partial charge in [0.15, 0.2) is 11.6 Å². The largest absolute Gasteiger partial charge is 0.487 e. The average Bonchev–Trinajstić information content (AvgIpc) is 2.87. The number of anilines is 1. The number of hydrogen-bond acceptors (Lipinski definition) is 5. The standard InChI is InChI=1S/C29H32Cl2FN3O2/c1-17(2)35-12-10-29(11-13-35)9-8-19-4-5-20(14-24(19)37-29)21-15-25(28(33)34-16-21)36-18(3)26-22(30)6-7-23(32)27(26)31/h4-7,14-18H,8-13H2,1-3H3,(H2,33,34)/t18-/m1/s1. The number of benzene rings is 2. The number of nitrogen functional groups attached to an aromatic ring is 1. The molecule has 2 aliphatic rings. The van der Waals surface area contributed by atoms with Gasteiger partial charge in [-0.2, -0.15) is 0 Å². The van der Waals surface area contributed by atoms with Crippen molar-refractivity contribution in [2.45, 2.75) is 64.2 Å². The zero-order chi connectivity index (χ0) is 26.3. The molecule has 2 aliphatic heterocycles. The lowest BCUT2D eigenvalue weighted by Gasteiger charge is -2.45. The van der Waals surface area contributed by atoms with Gasteiger partial charge in [0.05, 0.1) is 5.02 Å². The van der Waals surface area contributed by atoms with Gasteiger partial charge in [-0.1, -0.05) is 35.3 Å². The summed E-state index contributed by atoms with van der Waals surface area (Å²) in [5.41, 5.74) is 9.43. The molecule has 5 rings (SSSR count). The van der Waals surface area contributed by atoms with Crippen LogP contribution in [0.15, 0.2) is 42.6 Å². The lowest BCUT2D eigenvalue weighted by Crippen LogP contribution is -2.51. The third-order valence-corrected chi connectivity index (χ3v) is 8.40. The molecule has 1 aromatic heterocycles. The quantitative estimate of drug-likeness (QED) is 0.338. The van der Waals surface area contributed by atoms with Gasteiger partial charge in [-0.05, 0) is 81.8 Å². The van der Waals surface area contributed by atoms with Crippen LogP contribution < -0.4 is 15.2 Å². The Morgan fingerprint density at radius 2 is 1.81 bits per heavy atom. The van der Waals surface area contributed by atoms with Crippen LogP contribution in [-0.4, -0.2) is 34.6 Å². The van der Waals surface area contributed by atoms with Crippen LogP contribution in [0.5, 0.6) is 11.5 Å². The average molecular weight is 544 g/mol. The predicted molar refractivity (Wildman–Crippen MR) is 147 cm³/mol. The van der Waals surface area contributed by atoms with E-state index in [2.05, 4.69) is 41.9 Å². The Morgan fingerprint density at radius 1 is 1.05 bits per heavy atom. The van der Waals surface area contributed by atoms with E-state index in [0.717, 1.165) is 55.6 Å². The van der Waals surface area contributed by atoms with Gasteiger partial charge in [0.1, 0.15) is 23.3 Å². The van der Waals surface area contributed by atoms with E-state index in [1.165, 1.54) is 17.7 Å². The van der Waals surface area contributed by atoms with Crippen LogP contribution in [-0.2, 0) is 6.42 Å². The van der Waals surface area contributed by atoms with Gasteiger partial charge in [-0.15, -0.1) is 0 Å². The summed E-state index contributed by atoms with van der Waals surface area (Å²) in [5, 5.41) is 0.254. The first kappa shape index (κ1) is 26.1. The molecule has 8 heteroatoms. The van der Waals surface area contributed by atoms with Crippen LogP contribution >= 0.6 is 23.2 Å². The molecule has 3 aromatic rings. The molecule has 0 saturated carbocycles. The van der Waals surface area contributed by atoms with E-state index in [1.807, 2.05) is 6.07 Å². The highest BCUT2D eigenvalue weighted by atomic mass is 35.5. The summed E-state index contributed by atoms with van der Waals surface area (Å²) in [7, 11) is 0. The number of aromatic nitrogens is 1. The van der Waals surface area contributed by atoms with Crippen LogP contribution in [0.3, 0.4) is 0 Å². The number of likely N-dealkylation sites (tertiary alicyclic amines) is 1. The zero-order valence-electron chi connectivity index (χ0n) is 21.4. The molecule has 5 nitrogen and oxygen atoms in total. The van der Waals surface area contributed by atoms with Crippen molar-refractivity contribution in [3.05, 3.63) is 69.6 Å². The molecule has 2 N–H and O–H groups in total. The SMILES string of the molecule is CC(C)N1CCC2(CCc3ccc(-c4cnc(N)c(O[C@H](C)c5c(Cl)ccc(F)c5Cl)c4)cc3O2)CC1. The molecule has 0 aliphatic carbocycles. The fourth-order valence-corrected chi connectivity index (χ4v) is 6.03. The van der Waals surface area contributed by atoms with Crippen molar-refractivity contribution in [3.8, 4) is 22.6 Å². The van der Waals surface area contributed by atoms with Gasteiger partial charge in [0.2, 0.25) is 0 Å². The van der Waals surface area contributed by atoms with Crippen LogP contribution in [0.25, 0.3) is 11.1 Å². The summed E-state index contributed by atoms with van der Waals surface area (Å²) in [6.07, 6.45) is 5.22. The summed E-state index contributed by atoms with van der Waals surface area (Å²) in [5.74, 6) is 0.979. The normalized spacial score (nSPS) is 17.9. The molecule has 0 bridgehead atoms. The van der Waals surface area contributed by atoms with Crippen LogP contribution in [0, 0.1) is 5.82 Å². The number of piperidine rings is 1. The summed E-state index contributed by atoms with van der Waals surface area (Å²) in [4.78, 5) is 6.87. The Bertz CT molecular complexity index is 1310. The highest BCUT2D eigenvalue weighted by molar-refractivity contribution is 6.36. The Labute approximate surface area is 227 Å². The van der Waals surface area contributed by atoms with E-state index in [4.69, 9.17) is 38.4 Å². The summed E-state index contributed by atoms with van der Waals surface area (Å²) in [6, 6.07) is 11.4. The van der Waals surface area contributed by atoms with Gasteiger partial charge in [0.25, 0.3) is 0 Å². The van der Waals surface area contributed by atoms with Crippen molar-refractivity contribution in [3.63, 3.8) is 0 Å². The first-order valence-electron chi connectivity index (χ1n) is 12.8. The first-order chi connectivity index (χ1) is 17.7. The first-order valence-corrected chi connectivity index (χ1v) is 13.5. The predicted octanol–water partition coefficient (Wildman–Crippen LogP) is 7.48. The second-order valence-corrected chi connectivity index (χ2v) is 11.1. The molecule has 1 atom stereocenters. The number of ether oxygens (including phenoxy) is 2. The van der Waals surface area contributed by atoms with E-state index in [1.54, 1.807) is 13.1 Å². The highest BCUT2D eigenvalue weighted by Gasteiger charge is 2.39. The number of hydrogen-bond donors (Lipinski definition) is 1. The molecule has 2 aromatic carbocycles. The minimum absolute atomic E-state index is 0.0670. The molecule has 196 valence electrons. The maximum Gasteiger partial charge on any atom is 0.166 e. The molecule has 0 amide bonds. The summed E-state index contributed by atoms with van der Waals surface area (Å²) >= 11 is 12.5. The van der Waals surface area contributed by atoms with Crippen molar-refractivity contribution < 1.29 is 13.9 Å². The smallest absolute Gasteiger partial charge is 0.166 e. The number of aryl methyl sites for hydroxylation is 1. The lowest BCUT2D eigenvalue weighted by atomic mass is 9.82. The van der Waals surface area contributed by atoms with Crippen molar-refractivity contribution in [2.75, 3.05) is 18.8 Å². The third-order valence-electron chi connectivity index (χ3n) is 7.69. The highest BCUT2D eigenvalue weighted by Crippen LogP contribution is 2.42. The monoisotopic (exact) mass is 543 g/mol. The molecular formula is C29H32Cl2FN3O2. The van der Waals surface area contributed by atoms with Gasteiger partial charge in [0, 0.05) is 41.5 Å². The number of pyridine rings is 1. The van der Waals surface area contributed by atoms with Crippen molar-refractivity contribution in [1.82, 2.24) is 9.88 Å². The number of nitrogens with two attached hydrogens (primary N) is 1. The maximum atomic E-state index is 14.1. The Kier molecular flexibility index (Phi) is 7.27. The van der Waals surface area contributed by atoms with Gasteiger partial charge >= 0.3 is 0 Å². The second kappa shape index (κ2) is 10.3. The van der Waals surface area contributed by atoms with E-state index in [0.29, 0.717) is 22.4 Å². The van der Waals surface area contributed by atoms with E-state index in [9.17, 15) is 4.39 Å². The number of halogens is 3. The Hall–Kier alpha value is -2.54. The van der Waals surface area contributed by atoms with Gasteiger partial charge < -0.3 is 20.1 Å². The van der Waals surface area contributed by atoms with E-state index < -0.39 is 11.9 Å². The minimum atomic E-state index is -0.640. The molecule has 0 radical (unpaired) electrons. The molecule has 37 heavy (non-hydrogen) atoms. The molecule has 1 saturated heterocycles. The Morgan fingerprint density at radius 3 is 2.54 bits per heavy atom. The molecular weight excluding hydrogens is 512 g/mol.